The Kier molecular flexibility index (Phi) is 3.52. The smallest absolute Gasteiger partial charge is 0.119 e. The summed E-state index contributed by atoms with van der Waals surface area (Å²) in [6.45, 7) is 1.01. The molecule has 1 aliphatic heterocycles. The predicted molar refractivity (Wildman–Crippen MR) is 108 cm³/mol. The molecule has 0 atom stereocenters. The topological polar surface area (TPSA) is 25.4 Å². The van der Waals surface area contributed by atoms with E-state index in [4.69, 9.17) is 9.72 Å². The number of aryl methyl sites for hydroxylation is 1. The first kappa shape index (κ1) is 15.2. The third-order valence-corrected chi connectivity index (χ3v) is 5.23. The minimum atomic E-state index is 0.926. The van der Waals surface area contributed by atoms with Gasteiger partial charge in [0.15, 0.2) is 0 Å². The summed E-state index contributed by atoms with van der Waals surface area (Å²) in [4.78, 5) is 7.33. The SMILES string of the molecule is COc1ccc2c(c1)CCCN2c1c2ccccc2nc2ccccc12. The van der Waals surface area contributed by atoms with Gasteiger partial charge in [-0.2, -0.15) is 0 Å². The van der Waals surface area contributed by atoms with E-state index >= 15 is 0 Å². The van der Waals surface area contributed by atoms with Crippen molar-refractivity contribution < 1.29 is 4.74 Å². The van der Waals surface area contributed by atoms with Gasteiger partial charge in [0.05, 0.1) is 23.8 Å². The van der Waals surface area contributed by atoms with Gasteiger partial charge in [-0.15, -0.1) is 0 Å². The summed E-state index contributed by atoms with van der Waals surface area (Å²) in [5.41, 5.74) is 5.97. The molecule has 0 radical (unpaired) electrons. The molecule has 1 aromatic heterocycles. The molecule has 5 rings (SSSR count). The number of hydrogen-bond acceptors (Lipinski definition) is 3. The third-order valence-electron chi connectivity index (χ3n) is 5.23. The Morgan fingerprint density at radius 1 is 0.885 bits per heavy atom. The largest absolute Gasteiger partial charge is 0.497 e. The first-order chi connectivity index (χ1) is 12.8. The molecule has 3 heteroatoms. The van der Waals surface area contributed by atoms with Gasteiger partial charge in [-0.3, -0.25) is 0 Å². The zero-order valence-electron chi connectivity index (χ0n) is 14.8. The summed E-state index contributed by atoms with van der Waals surface area (Å²) in [5.74, 6) is 0.926. The summed E-state index contributed by atoms with van der Waals surface area (Å²) < 4.78 is 5.43. The van der Waals surface area contributed by atoms with Crippen molar-refractivity contribution in [1.29, 1.82) is 0 Å². The maximum absolute atomic E-state index is 5.43. The van der Waals surface area contributed by atoms with Crippen LogP contribution < -0.4 is 9.64 Å². The number of anilines is 2. The average Bonchev–Trinajstić information content (AvgIpc) is 2.71. The quantitative estimate of drug-likeness (QED) is 0.452. The number of pyridine rings is 1. The second kappa shape index (κ2) is 6.03. The highest BCUT2D eigenvalue weighted by Crippen LogP contribution is 2.41. The fourth-order valence-electron chi connectivity index (χ4n) is 4.04. The minimum Gasteiger partial charge on any atom is -0.497 e. The van der Waals surface area contributed by atoms with Crippen molar-refractivity contribution in [3.63, 3.8) is 0 Å². The molecule has 1 aliphatic rings. The molecule has 0 amide bonds. The van der Waals surface area contributed by atoms with E-state index in [0.717, 1.165) is 36.2 Å². The van der Waals surface area contributed by atoms with Crippen LogP contribution in [0, 0.1) is 0 Å². The van der Waals surface area contributed by atoms with Gasteiger partial charge in [0.25, 0.3) is 0 Å². The lowest BCUT2D eigenvalue weighted by atomic mass is 9.98. The monoisotopic (exact) mass is 340 g/mol. The lowest BCUT2D eigenvalue weighted by Crippen LogP contribution is -2.25. The van der Waals surface area contributed by atoms with Gasteiger partial charge in [-0.1, -0.05) is 36.4 Å². The van der Waals surface area contributed by atoms with E-state index in [9.17, 15) is 0 Å². The molecule has 0 unspecified atom stereocenters. The molecule has 0 bridgehead atoms. The van der Waals surface area contributed by atoms with Crippen molar-refractivity contribution in [1.82, 2.24) is 4.98 Å². The van der Waals surface area contributed by atoms with Crippen LogP contribution in [0.1, 0.15) is 12.0 Å². The number of ether oxygens (including phenoxy) is 1. The number of hydrogen-bond donors (Lipinski definition) is 0. The molecule has 3 nitrogen and oxygen atoms in total. The number of rotatable bonds is 2. The number of para-hydroxylation sites is 2. The third kappa shape index (κ3) is 2.31. The van der Waals surface area contributed by atoms with Crippen LogP contribution in [0.5, 0.6) is 5.75 Å². The Hall–Kier alpha value is -3.07. The molecule has 26 heavy (non-hydrogen) atoms. The average molecular weight is 340 g/mol. The van der Waals surface area contributed by atoms with Gasteiger partial charge in [0.2, 0.25) is 0 Å². The van der Waals surface area contributed by atoms with E-state index in [1.807, 2.05) is 0 Å². The summed E-state index contributed by atoms with van der Waals surface area (Å²) in [6, 6.07) is 23.3. The highest BCUT2D eigenvalue weighted by Gasteiger charge is 2.22. The Morgan fingerprint density at radius 3 is 2.27 bits per heavy atom. The van der Waals surface area contributed by atoms with E-state index in [1.54, 1.807) is 7.11 Å². The summed E-state index contributed by atoms with van der Waals surface area (Å²) in [5, 5.41) is 2.41. The van der Waals surface area contributed by atoms with Crippen LogP contribution in [-0.4, -0.2) is 18.6 Å². The molecule has 0 saturated carbocycles. The highest BCUT2D eigenvalue weighted by molar-refractivity contribution is 6.09. The predicted octanol–water partition coefficient (Wildman–Crippen LogP) is 5.48. The molecule has 2 heterocycles. The van der Waals surface area contributed by atoms with Crippen LogP contribution in [0.3, 0.4) is 0 Å². The Morgan fingerprint density at radius 2 is 1.58 bits per heavy atom. The zero-order valence-corrected chi connectivity index (χ0v) is 14.8. The van der Waals surface area contributed by atoms with E-state index in [2.05, 4.69) is 71.6 Å². The van der Waals surface area contributed by atoms with Crippen molar-refractivity contribution in [2.45, 2.75) is 12.8 Å². The molecular formula is C23H20N2O. The van der Waals surface area contributed by atoms with Crippen molar-refractivity contribution >= 4 is 33.2 Å². The van der Waals surface area contributed by atoms with E-state index in [1.165, 1.54) is 27.7 Å². The van der Waals surface area contributed by atoms with Crippen LogP contribution >= 0.6 is 0 Å². The number of nitrogens with zero attached hydrogens (tertiary/aromatic N) is 2. The maximum Gasteiger partial charge on any atom is 0.119 e. The molecule has 0 aliphatic carbocycles. The second-order valence-electron chi connectivity index (χ2n) is 6.74. The normalized spacial score (nSPS) is 13.8. The van der Waals surface area contributed by atoms with Gasteiger partial charge in [0.1, 0.15) is 5.75 Å². The van der Waals surface area contributed by atoms with Gasteiger partial charge >= 0.3 is 0 Å². The van der Waals surface area contributed by atoms with Crippen molar-refractivity contribution in [2.75, 3.05) is 18.6 Å². The van der Waals surface area contributed by atoms with Crippen molar-refractivity contribution in [3.8, 4) is 5.75 Å². The Bertz CT molecular complexity index is 1070. The van der Waals surface area contributed by atoms with E-state index in [-0.39, 0.29) is 0 Å². The molecule has 0 spiro atoms. The van der Waals surface area contributed by atoms with Crippen molar-refractivity contribution in [2.24, 2.45) is 0 Å². The maximum atomic E-state index is 5.43. The molecule has 0 fully saturated rings. The van der Waals surface area contributed by atoms with E-state index in [0.29, 0.717) is 0 Å². The zero-order chi connectivity index (χ0) is 17.5. The number of fused-ring (bicyclic) bond motifs is 3. The molecular weight excluding hydrogens is 320 g/mol. The van der Waals surface area contributed by atoms with Crippen LogP contribution in [0.4, 0.5) is 11.4 Å². The van der Waals surface area contributed by atoms with Gasteiger partial charge < -0.3 is 9.64 Å². The highest BCUT2D eigenvalue weighted by atomic mass is 16.5. The first-order valence-corrected chi connectivity index (χ1v) is 9.07. The fraction of sp³-hybridized carbons (Fsp3) is 0.174. The molecule has 128 valence electrons. The molecule has 4 aromatic rings. The molecule has 3 aromatic carbocycles. The van der Waals surface area contributed by atoms with Crippen LogP contribution in [-0.2, 0) is 6.42 Å². The summed E-state index contributed by atoms with van der Waals surface area (Å²) in [7, 11) is 1.73. The lowest BCUT2D eigenvalue weighted by molar-refractivity contribution is 0.414. The number of aromatic nitrogens is 1. The number of benzene rings is 3. The van der Waals surface area contributed by atoms with E-state index < -0.39 is 0 Å². The molecule has 0 saturated heterocycles. The van der Waals surface area contributed by atoms with Crippen LogP contribution in [0.2, 0.25) is 0 Å². The van der Waals surface area contributed by atoms with Crippen LogP contribution in [0.25, 0.3) is 21.8 Å². The number of methoxy groups -OCH3 is 1. The summed E-state index contributed by atoms with van der Waals surface area (Å²) in [6.07, 6.45) is 2.22. The molecule has 0 N–H and O–H groups in total. The summed E-state index contributed by atoms with van der Waals surface area (Å²) >= 11 is 0. The second-order valence-corrected chi connectivity index (χ2v) is 6.74. The fourth-order valence-corrected chi connectivity index (χ4v) is 4.04. The van der Waals surface area contributed by atoms with Gasteiger partial charge in [-0.05, 0) is 48.7 Å². The lowest BCUT2D eigenvalue weighted by Gasteiger charge is -2.33. The Labute approximate surface area is 152 Å². The minimum absolute atomic E-state index is 0.926. The van der Waals surface area contributed by atoms with Crippen LogP contribution in [0.15, 0.2) is 66.7 Å². The van der Waals surface area contributed by atoms with Crippen molar-refractivity contribution in [3.05, 3.63) is 72.3 Å². The van der Waals surface area contributed by atoms with Gasteiger partial charge in [-0.25, -0.2) is 4.98 Å². The standard InChI is InChI=1S/C23H20N2O/c1-26-17-12-13-22-16(15-17)7-6-14-25(22)23-18-8-2-4-10-20(18)24-21-11-5-3-9-19(21)23/h2-5,8-13,15H,6-7,14H2,1H3. The Balaban J connectivity index is 1.82. The van der Waals surface area contributed by atoms with Gasteiger partial charge in [0, 0.05) is 23.0 Å². The first-order valence-electron chi connectivity index (χ1n) is 9.07.